The van der Waals surface area contributed by atoms with E-state index in [4.69, 9.17) is 0 Å². The van der Waals surface area contributed by atoms with Crippen molar-refractivity contribution in [3.8, 4) is 0 Å². The van der Waals surface area contributed by atoms with Crippen LogP contribution in [0, 0.1) is 0 Å². The van der Waals surface area contributed by atoms with Crippen molar-refractivity contribution in [1.29, 1.82) is 0 Å². The summed E-state index contributed by atoms with van der Waals surface area (Å²) in [5.74, 6) is 0. The van der Waals surface area contributed by atoms with E-state index in [1.54, 1.807) is 27.2 Å². The van der Waals surface area contributed by atoms with Gasteiger partial charge in [0.05, 0.1) is 0 Å². The number of aryl methyl sites for hydroxylation is 2. The van der Waals surface area contributed by atoms with Gasteiger partial charge in [-0.25, -0.2) is 0 Å². The Morgan fingerprint density at radius 1 is 1.00 bits per heavy atom. The zero-order valence-corrected chi connectivity index (χ0v) is 15.0. The minimum absolute atomic E-state index is 0.880. The number of rotatable bonds is 1. The van der Waals surface area contributed by atoms with Crippen LogP contribution in [-0.2, 0) is 12.8 Å². The fraction of sp³-hybridized carbons (Fsp3) is 0.429. The highest BCUT2D eigenvalue weighted by Crippen LogP contribution is 2.41. The quantitative estimate of drug-likeness (QED) is 0.729. The summed E-state index contributed by atoms with van der Waals surface area (Å²) >= 11 is 0. The fourth-order valence-corrected chi connectivity index (χ4v) is 10.1. The highest BCUT2D eigenvalue weighted by Gasteiger charge is 2.47. The molecule has 2 bridgehead atoms. The molecule has 0 radical (unpaired) electrons. The van der Waals surface area contributed by atoms with E-state index in [0.29, 0.717) is 0 Å². The highest BCUT2D eigenvalue weighted by atomic mass is 28.3. The topological polar surface area (TPSA) is 3.24 Å². The van der Waals surface area contributed by atoms with Gasteiger partial charge in [0, 0.05) is 18.8 Å². The Hall–Kier alpha value is -1.54. The van der Waals surface area contributed by atoms with Crippen LogP contribution in [0.15, 0.2) is 42.5 Å². The summed E-state index contributed by atoms with van der Waals surface area (Å²) in [4.78, 5) is 2.71. The van der Waals surface area contributed by atoms with Crippen LogP contribution in [-0.4, -0.2) is 21.2 Å². The molecule has 0 N–H and O–H groups in total. The van der Waals surface area contributed by atoms with Crippen LogP contribution >= 0.6 is 0 Å². The third-order valence-corrected chi connectivity index (χ3v) is 11.9. The Morgan fingerprint density at radius 3 is 2.61 bits per heavy atom. The van der Waals surface area contributed by atoms with Crippen molar-refractivity contribution in [1.82, 2.24) is 0 Å². The second-order valence-corrected chi connectivity index (χ2v) is 12.2. The van der Waals surface area contributed by atoms with Gasteiger partial charge in [0.1, 0.15) is 8.07 Å². The molecule has 0 spiro atoms. The molecule has 2 aromatic carbocycles. The number of anilines is 1. The van der Waals surface area contributed by atoms with Crippen molar-refractivity contribution in [3.63, 3.8) is 0 Å². The van der Waals surface area contributed by atoms with E-state index in [2.05, 4.69) is 53.9 Å². The van der Waals surface area contributed by atoms with Gasteiger partial charge < -0.3 is 4.90 Å². The number of nitrogens with zero attached hydrogens (tertiary/aromatic N) is 1. The molecule has 0 aromatic heterocycles. The SMILES string of the molecule is C[Si]1(c2ccccc2)c2cc3c(cc2N2CCC[C@H]1C2)CCC3. The third-order valence-electron chi connectivity index (χ3n) is 6.72. The molecule has 3 aliphatic rings. The van der Waals surface area contributed by atoms with E-state index in [0.717, 1.165) is 5.54 Å². The van der Waals surface area contributed by atoms with E-state index in [-0.39, 0.29) is 0 Å². The van der Waals surface area contributed by atoms with Crippen LogP contribution in [0.3, 0.4) is 0 Å². The molecule has 23 heavy (non-hydrogen) atoms. The van der Waals surface area contributed by atoms with E-state index in [1.165, 1.54) is 45.2 Å². The van der Waals surface area contributed by atoms with Gasteiger partial charge in [0.25, 0.3) is 0 Å². The first-order valence-electron chi connectivity index (χ1n) is 9.23. The second-order valence-electron chi connectivity index (χ2n) is 7.85. The lowest BCUT2D eigenvalue weighted by Crippen LogP contribution is -2.66. The summed E-state index contributed by atoms with van der Waals surface area (Å²) in [5, 5.41) is 3.38. The summed E-state index contributed by atoms with van der Waals surface area (Å²) < 4.78 is 0. The summed E-state index contributed by atoms with van der Waals surface area (Å²) in [7, 11) is -1.64. The highest BCUT2D eigenvalue weighted by molar-refractivity contribution is 7.03. The largest absolute Gasteiger partial charge is 0.372 e. The monoisotopic (exact) mass is 319 g/mol. The molecular formula is C21H25NSi. The van der Waals surface area contributed by atoms with Crippen LogP contribution in [0.5, 0.6) is 0 Å². The Kier molecular flexibility index (Phi) is 3.00. The summed E-state index contributed by atoms with van der Waals surface area (Å²) in [6, 6.07) is 16.7. The maximum absolute atomic E-state index is 2.71. The van der Waals surface area contributed by atoms with Crippen molar-refractivity contribution >= 4 is 24.1 Å². The van der Waals surface area contributed by atoms with Crippen LogP contribution in [0.1, 0.15) is 30.4 Å². The first-order chi connectivity index (χ1) is 11.3. The number of hydrogen-bond donors (Lipinski definition) is 0. The van der Waals surface area contributed by atoms with Gasteiger partial charge in [0.15, 0.2) is 0 Å². The van der Waals surface area contributed by atoms with Gasteiger partial charge >= 0.3 is 0 Å². The molecule has 0 saturated carbocycles. The molecule has 1 aliphatic carbocycles. The lowest BCUT2D eigenvalue weighted by atomic mass is 10.0. The summed E-state index contributed by atoms with van der Waals surface area (Å²) in [6.07, 6.45) is 6.74. The summed E-state index contributed by atoms with van der Waals surface area (Å²) in [5.41, 5.74) is 5.77. The van der Waals surface area contributed by atoms with Gasteiger partial charge in [-0.2, -0.15) is 0 Å². The van der Waals surface area contributed by atoms with E-state index in [1.807, 2.05) is 0 Å². The van der Waals surface area contributed by atoms with Gasteiger partial charge in [-0.05, 0) is 60.0 Å². The Balaban J connectivity index is 1.77. The van der Waals surface area contributed by atoms with E-state index < -0.39 is 8.07 Å². The predicted octanol–water partition coefficient (Wildman–Crippen LogP) is 3.35. The molecule has 2 aromatic rings. The van der Waals surface area contributed by atoms with Crippen LogP contribution in [0.4, 0.5) is 5.69 Å². The van der Waals surface area contributed by atoms with Gasteiger partial charge in [-0.3, -0.25) is 0 Å². The van der Waals surface area contributed by atoms with Crippen molar-refractivity contribution in [2.45, 2.75) is 44.2 Å². The molecule has 2 aliphatic heterocycles. The molecule has 2 heterocycles. The smallest absolute Gasteiger partial charge is 0.122 e. The first-order valence-corrected chi connectivity index (χ1v) is 11.8. The van der Waals surface area contributed by atoms with E-state index in [9.17, 15) is 0 Å². The Bertz CT molecular complexity index is 754. The summed E-state index contributed by atoms with van der Waals surface area (Å²) in [6.45, 7) is 5.21. The lowest BCUT2D eigenvalue weighted by Gasteiger charge is -2.50. The molecule has 1 saturated heterocycles. The molecule has 1 fully saturated rings. The van der Waals surface area contributed by atoms with Gasteiger partial charge in [0.2, 0.25) is 0 Å². The second kappa shape index (κ2) is 4.97. The van der Waals surface area contributed by atoms with Gasteiger partial charge in [-0.15, -0.1) is 0 Å². The van der Waals surface area contributed by atoms with E-state index >= 15 is 0 Å². The first kappa shape index (κ1) is 13.9. The van der Waals surface area contributed by atoms with Crippen LogP contribution in [0.2, 0.25) is 12.1 Å². The minimum Gasteiger partial charge on any atom is -0.372 e. The molecule has 0 amide bonds. The molecule has 1 unspecified atom stereocenters. The Morgan fingerprint density at radius 2 is 1.78 bits per heavy atom. The third kappa shape index (κ3) is 1.91. The molecule has 5 rings (SSSR count). The van der Waals surface area contributed by atoms with Gasteiger partial charge in [-0.1, -0.05) is 48.1 Å². The van der Waals surface area contributed by atoms with Crippen LogP contribution in [0.25, 0.3) is 0 Å². The standard InChI is InChI=1S/C21H25NSi/c1-23(18-9-3-2-4-10-18)19-11-6-12-22(15-19)20-13-16-7-5-8-17(16)14-21(20)23/h2-4,9-10,13-14,19H,5-8,11-12,15H2,1H3/t19-,23?/m0/s1. The number of benzene rings is 2. The Labute approximate surface area is 140 Å². The lowest BCUT2D eigenvalue weighted by molar-refractivity contribution is 0.561. The zero-order valence-electron chi connectivity index (χ0n) is 14.0. The molecule has 118 valence electrons. The maximum atomic E-state index is 2.71. The number of hydrogen-bond acceptors (Lipinski definition) is 1. The fourth-order valence-electron chi connectivity index (χ4n) is 5.35. The average Bonchev–Trinajstić information content (AvgIpc) is 3.07. The maximum Gasteiger partial charge on any atom is 0.122 e. The average molecular weight is 320 g/mol. The molecule has 2 atom stereocenters. The molecular weight excluding hydrogens is 294 g/mol. The normalized spacial score (nSPS) is 28.4. The van der Waals surface area contributed by atoms with Crippen LogP contribution < -0.4 is 15.3 Å². The minimum atomic E-state index is -1.64. The number of piperidine rings is 1. The zero-order chi connectivity index (χ0) is 15.4. The van der Waals surface area contributed by atoms with Crippen molar-refractivity contribution in [2.75, 3.05) is 18.0 Å². The molecule has 1 nitrogen and oxygen atoms in total. The number of fused-ring (bicyclic) bond motifs is 5. The van der Waals surface area contributed by atoms with Crippen molar-refractivity contribution in [2.24, 2.45) is 0 Å². The molecule has 2 heteroatoms. The van der Waals surface area contributed by atoms with Crippen molar-refractivity contribution in [3.05, 3.63) is 53.6 Å². The van der Waals surface area contributed by atoms with Crippen molar-refractivity contribution < 1.29 is 0 Å². The predicted molar refractivity (Wildman–Crippen MR) is 101 cm³/mol.